The predicted molar refractivity (Wildman–Crippen MR) is 71.2 cm³/mol. The minimum Gasteiger partial charge on any atom is -0.444 e. The molecular formula is C12H18F3NO5S. The van der Waals surface area contributed by atoms with Crippen molar-refractivity contribution in [2.24, 2.45) is 0 Å². The smallest absolute Gasteiger partial charge is 0.444 e. The van der Waals surface area contributed by atoms with E-state index in [0.29, 0.717) is 0 Å². The van der Waals surface area contributed by atoms with Crippen LogP contribution in [0.3, 0.4) is 0 Å². The molecule has 1 amide bonds. The molecule has 128 valence electrons. The lowest BCUT2D eigenvalue weighted by Gasteiger charge is -2.25. The summed E-state index contributed by atoms with van der Waals surface area (Å²) in [7, 11) is -5.64. The highest BCUT2D eigenvalue weighted by Gasteiger charge is 2.48. The van der Waals surface area contributed by atoms with Crippen molar-refractivity contribution in [3.05, 3.63) is 11.8 Å². The Morgan fingerprint density at radius 3 is 2.32 bits per heavy atom. The highest BCUT2D eigenvalue weighted by molar-refractivity contribution is 7.87. The zero-order chi connectivity index (χ0) is 17.2. The van der Waals surface area contributed by atoms with Gasteiger partial charge in [-0.1, -0.05) is 0 Å². The lowest BCUT2D eigenvalue weighted by Crippen LogP contribution is -2.40. The minimum absolute atomic E-state index is 0.0320. The molecule has 1 rings (SSSR count). The Morgan fingerprint density at radius 2 is 1.91 bits per heavy atom. The molecule has 0 heterocycles. The van der Waals surface area contributed by atoms with Crippen LogP contribution in [0.15, 0.2) is 11.8 Å². The van der Waals surface area contributed by atoms with Crippen molar-refractivity contribution in [3.63, 3.8) is 0 Å². The Hall–Kier alpha value is -1.45. The summed E-state index contributed by atoms with van der Waals surface area (Å²) >= 11 is 0. The van der Waals surface area contributed by atoms with E-state index in [2.05, 4.69) is 9.50 Å². The Morgan fingerprint density at radius 1 is 1.32 bits per heavy atom. The number of carbonyl (C=O) groups is 1. The maximum atomic E-state index is 12.2. The van der Waals surface area contributed by atoms with Crippen molar-refractivity contribution >= 4 is 16.2 Å². The van der Waals surface area contributed by atoms with E-state index in [0.717, 1.165) is 0 Å². The maximum absolute atomic E-state index is 12.2. The number of nitrogens with one attached hydrogen (secondary N) is 1. The first-order chi connectivity index (χ1) is 9.80. The van der Waals surface area contributed by atoms with Gasteiger partial charge in [0.05, 0.1) is 0 Å². The zero-order valence-corrected chi connectivity index (χ0v) is 13.2. The van der Waals surface area contributed by atoms with Crippen molar-refractivity contribution in [2.75, 3.05) is 0 Å². The third-order valence-corrected chi connectivity index (χ3v) is 3.59. The van der Waals surface area contributed by atoms with Crippen LogP contribution in [0.4, 0.5) is 18.0 Å². The molecule has 0 spiro atoms. The molecule has 0 saturated carbocycles. The summed E-state index contributed by atoms with van der Waals surface area (Å²) in [5.41, 5.74) is -6.12. The Balaban J connectivity index is 2.55. The zero-order valence-electron chi connectivity index (χ0n) is 12.4. The molecule has 0 fully saturated rings. The minimum atomic E-state index is -5.64. The third kappa shape index (κ3) is 5.74. The second-order valence-corrected chi connectivity index (χ2v) is 7.31. The summed E-state index contributed by atoms with van der Waals surface area (Å²) in [5.74, 6) is -0.278. The van der Waals surface area contributed by atoms with Gasteiger partial charge in [-0.05, 0) is 39.7 Å². The Bertz CT molecular complexity index is 548. The molecule has 0 radical (unpaired) electrons. The number of amides is 1. The molecular weight excluding hydrogens is 327 g/mol. The second kappa shape index (κ2) is 6.35. The molecule has 1 aliphatic rings. The number of ether oxygens (including phenoxy) is 1. The van der Waals surface area contributed by atoms with Gasteiger partial charge >= 0.3 is 21.7 Å². The van der Waals surface area contributed by atoms with Crippen molar-refractivity contribution < 1.29 is 35.3 Å². The molecule has 1 aliphatic carbocycles. The van der Waals surface area contributed by atoms with Crippen LogP contribution in [-0.4, -0.2) is 31.7 Å². The summed E-state index contributed by atoms with van der Waals surface area (Å²) in [6.07, 6.45) is 0.948. The molecule has 0 saturated heterocycles. The van der Waals surface area contributed by atoms with E-state index in [-0.39, 0.29) is 31.1 Å². The molecule has 22 heavy (non-hydrogen) atoms. The molecule has 0 aromatic carbocycles. The predicted octanol–water partition coefficient (Wildman–Crippen LogP) is 2.81. The van der Waals surface area contributed by atoms with Crippen LogP contribution in [0.2, 0.25) is 0 Å². The van der Waals surface area contributed by atoms with Crippen molar-refractivity contribution in [3.8, 4) is 0 Å². The molecule has 0 aromatic rings. The highest BCUT2D eigenvalue weighted by Crippen LogP contribution is 2.29. The van der Waals surface area contributed by atoms with Gasteiger partial charge in [-0.25, -0.2) is 4.79 Å². The van der Waals surface area contributed by atoms with Gasteiger partial charge in [0, 0.05) is 12.5 Å². The second-order valence-electron chi connectivity index (χ2n) is 5.77. The standard InChI is InChI=1S/C12H18F3NO5S/c1-11(2,3)20-10(17)16-8-4-6-9(7-5-8)21-22(18,19)12(13,14)15/h6,8H,4-5,7H2,1-3H3,(H,16,17)/t8-/m1/s1. The Kier molecular flexibility index (Phi) is 5.37. The van der Waals surface area contributed by atoms with Crippen LogP contribution < -0.4 is 5.32 Å². The van der Waals surface area contributed by atoms with Crippen molar-refractivity contribution in [1.29, 1.82) is 0 Å². The third-order valence-electron chi connectivity index (χ3n) is 2.59. The molecule has 6 nitrogen and oxygen atoms in total. The monoisotopic (exact) mass is 345 g/mol. The van der Waals surface area contributed by atoms with Gasteiger partial charge in [0.25, 0.3) is 0 Å². The molecule has 0 aromatic heterocycles. The number of alkyl carbamates (subject to hydrolysis) is 1. The average Bonchev–Trinajstić information content (AvgIpc) is 2.27. The van der Waals surface area contributed by atoms with Gasteiger partial charge in [0.1, 0.15) is 11.4 Å². The first-order valence-electron chi connectivity index (χ1n) is 6.49. The summed E-state index contributed by atoms with van der Waals surface area (Å²) in [4.78, 5) is 11.5. The largest absolute Gasteiger partial charge is 0.534 e. The number of carbonyl (C=O) groups excluding carboxylic acids is 1. The average molecular weight is 345 g/mol. The van der Waals surface area contributed by atoms with E-state index >= 15 is 0 Å². The van der Waals surface area contributed by atoms with Gasteiger partial charge in [-0.2, -0.15) is 21.6 Å². The molecule has 1 atom stereocenters. The van der Waals surface area contributed by atoms with Crippen molar-refractivity contribution in [2.45, 2.75) is 57.2 Å². The topological polar surface area (TPSA) is 81.7 Å². The molecule has 0 unspecified atom stereocenters. The fraction of sp³-hybridized carbons (Fsp3) is 0.750. The van der Waals surface area contributed by atoms with Crippen LogP contribution in [-0.2, 0) is 19.0 Å². The van der Waals surface area contributed by atoms with Gasteiger partial charge in [0.15, 0.2) is 0 Å². The maximum Gasteiger partial charge on any atom is 0.534 e. The fourth-order valence-electron chi connectivity index (χ4n) is 1.68. The summed E-state index contributed by atoms with van der Waals surface area (Å²) in [6, 6.07) is -0.351. The first kappa shape index (κ1) is 18.6. The van der Waals surface area contributed by atoms with E-state index in [1.165, 1.54) is 6.08 Å². The van der Waals surface area contributed by atoms with Gasteiger partial charge < -0.3 is 14.2 Å². The van der Waals surface area contributed by atoms with Gasteiger partial charge in [-0.15, -0.1) is 0 Å². The van der Waals surface area contributed by atoms with Crippen LogP contribution in [0, 0.1) is 0 Å². The SMILES string of the molecule is CC(C)(C)OC(=O)N[C@@H]1CC=C(OS(=O)(=O)C(F)(F)F)CC1. The number of allylic oxidation sites excluding steroid dienone is 1. The number of halogens is 3. The van der Waals surface area contributed by atoms with E-state index in [1.807, 2.05) is 0 Å². The lowest BCUT2D eigenvalue weighted by molar-refractivity contribution is -0.0524. The fourth-order valence-corrected chi connectivity index (χ4v) is 2.21. The van der Waals surface area contributed by atoms with Crippen LogP contribution in [0.25, 0.3) is 0 Å². The lowest BCUT2D eigenvalue weighted by atomic mass is 10.0. The van der Waals surface area contributed by atoms with Gasteiger partial charge in [-0.3, -0.25) is 0 Å². The van der Waals surface area contributed by atoms with E-state index in [1.54, 1.807) is 20.8 Å². The summed E-state index contributed by atoms with van der Waals surface area (Å²) < 4.78 is 67.3. The molecule has 0 aliphatic heterocycles. The van der Waals surface area contributed by atoms with E-state index in [4.69, 9.17) is 4.74 Å². The van der Waals surface area contributed by atoms with Crippen molar-refractivity contribution in [1.82, 2.24) is 5.32 Å². The number of hydrogen-bond acceptors (Lipinski definition) is 5. The normalized spacial score (nSPS) is 20.1. The first-order valence-corrected chi connectivity index (χ1v) is 7.90. The highest BCUT2D eigenvalue weighted by atomic mass is 32.2. The summed E-state index contributed by atoms with van der Waals surface area (Å²) in [6.45, 7) is 5.09. The molecule has 10 heteroatoms. The van der Waals surface area contributed by atoms with Crippen LogP contribution in [0.5, 0.6) is 0 Å². The van der Waals surface area contributed by atoms with Crippen LogP contribution in [0.1, 0.15) is 40.0 Å². The Labute approximate surface area is 126 Å². The van der Waals surface area contributed by atoms with E-state index in [9.17, 15) is 26.4 Å². The molecule has 0 bridgehead atoms. The van der Waals surface area contributed by atoms with E-state index < -0.39 is 27.3 Å². The molecule has 1 N–H and O–H groups in total. The van der Waals surface area contributed by atoms with Crippen LogP contribution >= 0.6 is 0 Å². The van der Waals surface area contributed by atoms with Gasteiger partial charge in [0.2, 0.25) is 0 Å². The number of hydrogen-bond donors (Lipinski definition) is 1. The quantitative estimate of drug-likeness (QED) is 0.628. The summed E-state index contributed by atoms with van der Waals surface area (Å²) in [5, 5.41) is 2.56. The number of alkyl halides is 3. The number of rotatable bonds is 3.